The third kappa shape index (κ3) is 10.5. The van der Waals surface area contributed by atoms with Crippen molar-refractivity contribution >= 4 is 35.5 Å². The lowest BCUT2D eigenvalue weighted by molar-refractivity contribution is -0.384. The number of benzene rings is 2. The van der Waals surface area contributed by atoms with Gasteiger partial charge in [-0.3, -0.25) is 24.5 Å². The highest BCUT2D eigenvalue weighted by Gasteiger charge is 2.29. The molecule has 39 heavy (non-hydrogen) atoms. The van der Waals surface area contributed by atoms with Crippen molar-refractivity contribution in [2.24, 2.45) is 0 Å². The van der Waals surface area contributed by atoms with Gasteiger partial charge in [-0.05, 0) is 17.7 Å². The molecule has 0 saturated carbocycles. The highest BCUT2D eigenvalue weighted by atomic mass is 16.6. The van der Waals surface area contributed by atoms with Gasteiger partial charge in [0.1, 0.15) is 31.0 Å². The van der Waals surface area contributed by atoms with Crippen molar-refractivity contribution in [3.05, 3.63) is 70.3 Å². The normalized spacial score (nSPS) is 11.7. The molecular formula is C24H26N4O11. The summed E-state index contributed by atoms with van der Waals surface area (Å²) in [5, 5.41) is 26.8. The quantitative estimate of drug-likeness (QED) is 0.113. The lowest BCUT2D eigenvalue weighted by atomic mass is 10.1. The summed E-state index contributed by atoms with van der Waals surface area (Å²) in [5.41, 5.74) is 0.458. The second-order valence-electron chi connectivity index (χ2n) is 7.73. The van der Waals surface area contributed by atoms with Crippen LogP contribution in [0.4, 0.5) is 10.5 Å². The molecule has 2 rings (SSSR count). The van der Waals surface area contributed by atoms with E-state index >= 15 is 0 Å². The minimum Gasteiger partial charge on any atom is -0.469 e. The first kappa shape index (κ1) is 30.2. The number of carbonyl (C=O) groups excluding carboxylic acids is 5. The van der Waals surface area contributed by atoms with Gasteiger partial charge >= 0.3 is 18.0 Å². The molecule has 0 aliphatic rings. The predicted octanol–water partition coefficient (Wildman–Crippen LogP) is -0.0484. The summed E-state index contributed by atoms with van der Waals surface area (Å²) in [6.45, 7) is -1.67. The Balaban J connectivity index is 1.91. The molecule has 0 aliphatic heterocycles. The van der Waals surface area contributed by atoms with E-state index in [0.717, 1.165) is 19.2 Å². The smallest absolute Gasteiger partial charge is 0.408 e. The first-order valence-corrected chi connectivity index (χ1v) is 11.3. The fraction of sp³-hybridized carbons (Fsp3) is 0.292. The number of carbonyl (C=O) groups is 5. The average molecular weight is 546 g/mol. The number of nitrogens with zero attached hydrogens (tertiary/aromatic N) is 1. The second-order valence-corrected chi connectivity index (χ2v) is 7.73. The number of aliphatic hydroxyl groups excluding tert-OH is 1. The second kappa shape index (κ2) is 15.3. The predicted molar refractivity (Wildman–Crippen MR) is 131 cm³/mol. The molecule has 15 heteroatoms. The molecule has 2 unspecified atom stereocenters. The molecule has 3 amide bonds. The molecule has 2 aromatic carbocycles. The SMILES string of the molecule is COC(=O)CC(NC(=O)OCc1ccccc1)C(=O)NC(CO)C(=O)NCC(=O)Oc1ccc([N+](=O)[O-])cc1. The number of nitro benzene ring substituents is 1. The Morgan fingerprint density at radius 2 is 1.59 bits per heavy atom. The Hall–Kier alpha value is -5.05. The van der Waals surface area contributed by atoms with Gasteiger partial charge in [-0.1, -0.05) is 30.3 Å². The van der Waals surface area contributed by atoms with E-state index in [1.54, 1.807) is 30.3 Å². The number of rotatable bonds is 13. The number of non-ortho nitro benzene ring substituents is 1. The van der Waals surface area contributed by atoms with E-state index in [0.29, 0.717) is 5.56 Å². The minimum absolute atomic E-state index is 0.0114. The molecule has 0 heterocycles. The lowest BCUT2D eigenvalue weighted by Crippen LogP contribution is -2.56. The van der Waals surface area contributed by atoms with Crippen LogP contribution in [-0.4, -0.2) is 72.2 Å². The molecule has 15 nitrogen and oxygen atoms in total. The van der Waals surface area contributed by atoms with Crippen LogP contribution >= 0.6 is 0 Å². The monoisotopic (exact) mass is 546 g/mol. The summed E-state index contributed by atoms with van der Waals surface area (Å²) in [4.78, 5) is 71.1. The topological polar surface area (TPSA) is 212 Å². The number of methoxy groups -OCH3 is 1. The standard InChI is InChI=1S/C24H26N4O11/c1-37-20(30)11-18(27-24(34)38-14-15-5-3-2-4-6-15)23(33)26-19(13-29)22(32)25-12-21(31)39-17-9-7-16(8-10-17)28(35)36/h2-10,18-19,29H,11-14H2,1H3,(H,25,32)(H,26,33)(H,27,34). The van der Waals surface area contributed by atoms with Crippen molar-refractivity contribution in [1.29, 1.82) is 0 Å². The molecule has 0 aromatic heterocycles. The van der Waals surface area contributed by atoms with Gasteiger partial charge in [-0.25, -0.2) is 9.59 Å². The van der Waals surface area contributed by atoms with Crippen LogP contribution in [0.15, 0.2) is 54.6 Å². The van der Waals surface area contributed by atoms with Gasteiger partial charge in [-0.2, -0.15) is 0 Å². The zero-order valence-electron chi connectivity index (χ0n) is 20.7. The largest absolute Gasteiger partial charge is 0.469 e. The van der Waals surface area contributed by atoms with Crippen molar-refractivity contribution in [2.45, 2.75) is 25.1 Å². The first-order chi connectivity index (χ1) is 18.6. The average Bonchev–Trinajstić information content (AvgIpc) is 2.93. The summed E-state index contributed by atoms with van der Waals surface area (Å²) in [7, 11) is 1.07. The van der Waals surface area contributed by atoms with Crippen molar-refractivity contribution in [3.8, 4) is 5.75 Å². The zero-order valence-corrected chi connectivity index (χ0v) is 20.7. The van der Waals surface area contributed by atoms with Crippen LogP contribution in [0, 0.1) is 10.1 Å². The molecule has 0 bridgehead atoms. The molecule has 0 aliphatic carbocycles. The molecule has 2 aromatic rings. The number of hydrogen-bond acceptors (Lipinski definition) is 11. The Labute approximate surface area is 221 Å². The van der Waals surface area contributed by atoms with Crippen LogP contribution in [0.1, 0.15) is 12.0 Å². The van der Waals surface area contributed by atoms with E-state index in [-0.39, 0.29) is 18.0 Å². The van der Waals surface area contributed by atoms with Gasteiger partial charge in [0, 0.05) is 12.1 Å². The number of amides is 3. The lowest BCUT2D eigenvalue weighted by Gasteiger charge is -2.21. The van der Waals surface area contributed by atoms with Gasteiger partial charge in [0.05, 0.1) is 25.1 Å². The van der Waals surface area contributed by atoms with Crippen molar-refractivity contribution < 1.29 is 48.2 Å². The number of aliphatic hydroxyl groups is 1. The molecular weight excluding hydrogens is 520 g/mol. The number of hydrogen-bond donors (Lipinski definition) is 4. The van der Waals surface area contributed by atoms with Crippen molar-refractivity contribution in [1.82, 2.24) is 16.0 Å². The third-order valence-electron chi connectivity index (χ3n) is 4.92. The Morgan fingerprint density at radius 1 is 0.923 bits per heavy atom. The summed E-state index contributed by atoms with van der Waals surface area (Å²) in [6.07, 6.45) is -1.63. The summed E-state index contributed by atoms with van der Waals surface area (Å²) in [5.74, 6) is -3.79. The van der Waals surface area contributed by atoms with Crippen molar-refractivity contribution in [2.75, 3.05) is 20.3 Å². The van der Waals surface area contributed by atoms with E-state index < -0.39 is 66.4 Å². The van der Waals surface area contributed by atoms with Crippen LogP contribution < -0.4 is 20.7 Å². The van der Waals surface area contributed by atoms with Gasteiger partial charge in [0.15, 0.2) is 0 Å². The Kier molecular flexibility index (Phi) is 11.8. The number of alkyl carbamates (subject to hydrolysis) is 1. The Morgan fingerprint density at radius 3 is 2.18 bits per heavy atom. The molecule has 0 spiro atoms. The van der Waals surface area contributed by atoms with Crippen LogP contribution in [0.25, 0.3) is 0 Å². The summed E-state index contributed by atoms with van der Waals surface area (Å²) in [6, 6.07) is 10.2. The van der Waals surface area contributed by atoms with E-state index in [2.05, 4.69) is 20.7 Å². The molecule has 4 N–H and O–H groups in total. The van der Waals surface area contributed by atoms with Crippen LogP contribution in [0.2, 0.25) is 0 Å². The third-order valence-corrected chi connectivity index (χ3v) is 4.92. The number of nitro groups is 1. The molecule has 0 radical (unpaired) electrons. The van der Waals surface area contributed by atoms with Crippen LogP contribution in [0.5, 0.6) is 5.75 Å². The highest BCUT2D eigenvalue weighted by Crippen LogP contribution is 2.17. The van der Waals surface area contributed by atoms with Gasteiger partial charge in [0.25, 0.3) is 5.69 Å². The van der Waals surface area contributed by atoms with E-state index in [1.165, 1.54) is 12.1 Å². The summed E-state index contributed by atoms with van der Waals surface area (Å²) < 4.78 is 14.5. The molecule has 208 valence electrons. The maximum Gasteiger partial charge on any atom is 0.408 e. The fourth-order valence-electron chi connectivity index (χ4n) is 2.92. The molecule has 2 atom stereocenters. The number of ether oxygens (including phenoxy) is 3. The van der Waals surface area contributed by atoms with Crippen LogP contribution in [0.3, 0.4) is 0 Å². The maximum absolute atomic E-state index is 12.7. The Bertz CT molecular complexity index is 1170. The minimum atomic E-state index is -1.56. The van der Waals surface area contributed by atoms with E-state index in [4.69, 9.17) is 9.47 Å². The van der Waals surface area contributed by atoms with Gasteiger partial charge in [0.2, 0.25) is 11.8 Å². The number of nitrogens with one attached hydrogen (secondary N) is 3. The van der Waals surface area contributed by atoms with Crippen molar-refractivity contribution in [3.63, 3.8) is 0 Å². The molecule has 0 saturated heterocycles. The first-order valence-electron chi connectivity index (χ1n) is 11.3. The van der Waals surface area contributed by atoms with E-state index in [1.807, 2.05) is 0 Å². The van der Waals surface area contributed by atoms with E-state index in [9.17, 15) is 39.2 Å². The molecule has 0 fully saturated rings. The van der Waals surface area contributed by atoms with Crippen LogP contribution in [-0.2, 0) is 35.3 Å². The number of esters is 2. The fourth-order valence-corrected chi connectivity index (χ4v) is 2.92. The highest BCUT2D eigenvalue weighted by molar-refractivity contribution is 5.94. The zero-order chi connectivity index (χ0) is 28.8. The van der Waals surface area contributed by atoms with Gasteiger partial charge in [-0.15, -0.1) is 0 Å². The summed E-state index contributed by atoms with van der Waals surface area (Å²) >= 11 is 0. The van der Waals surface area contributed by atoms with Gasteiger partial charge < -0.3 is 35.3 Å². The maximum atomic E-state index is 12.7.